The number of nitrogens with one attached hydrogen (secondary N) is 1. The van der Waals surface area contributed by atoms with E-state index in [2.05, 4.69) is 20.5 Å². The van der Waals surface area contributed by atoms with E-state index in [0.29, 0.717) is 23.1 Å². The van der Waals surface area contributed by atoms with Crippen molar-refractivity contribution < 1.29 is 4.79 Å². The van der Waals surface area contributed by atoms with Gasteiger partial charge in [0.2, 0.25) is 0 Å². The van der Waals surface area contributed by atoms with Crippen molar-refractivity contribution in [2.45, 2.75) is 38.6 Å². The summed E-state index contributed by atoms with van der Waals surface area (Å²) in [5.74, 6) is 0.545. The van der Waals surface area contributed by atoms with Crippen LogP contribution >= 0.6 is 0 Å². The third-order valence-corrected chi connectivity index (χ3v) is 4.70. The Labute approximate surface area is 145 Å². The molecule has 0 radical (unpaired) electrons. The molecule has 0 atom stereocenters. The van der Waals surface area contributed by atoms with E-state index in [0.717, 1.165) is 18.5 Å². The SMILES string of the molecule is Cc1c(C(=O)Nc2ccc(-n3cccn3)nc2)cnn1C1CCCC1. The summed E-state index contributed by atoms with van der Waals surface area (Å²) in [4.78, 5) is 16.9. The van der Waals surface area contributed by atoms with Gasteiger partial charge in [-0.25, -0.2) is 9.67 Å². The molecule has 7 heteroatoms. The Hall–Kier alpha value is -2.96. The molecule has 3 heterocycles. The topological polar surface area (TPSA) is 77.6 Å². The van der Waals surface area contributed by atoms with Crippen molar-refractivity contribution in [1.29, 1.82) is 0 Å². The van der Waals surface area contributed by atoms with Crippen molar-refractivity contribution in [2.75, 3.05) is 5.32 Å². The lowest BCUT2D eigenvalue weighted by Gasteiger charge is -2.12. The van der Waals surface area contributed by atoms with Gasteiger partial charge in [-0.1, -0.05) is 12.8 Å². The van der Waals surface area contributed by atoms with Crippen LogP contribution in [-0.4, -0.2) is 30.5 Å². The molecule has 3 aromatic rings. The summed E-state index contributed by atoms with van der Waals surface area (Å²) in [5, 5.41) is 11.5. The highest BCUT2D eigenvalue weighted by Gasteiger charge is 2.22. The Balaban J connectivity index is 1.48. The third kappa shape index (κ3) is 3.05. The maximum absolute atomic E-state index is 12.6. The van der Waals surface area contributed by atoms with Crippen molar-refractivity contribution in [3.8, 4) is 5.82 Å². The van der Waals surface area contributed by atoms with Crippen molar-refractivity contribution in [3.63, 3.8) is 0 Å². The molecule has 4 rings (SSSR count). The Morgan fingerprint density at radius 1 is 1.20 bits per heavy atom. The molecule has 0 saturated heterocycles. The van der Waals surface area contributed by atoms with Crippen LogP contribution in [0, 0.1) is 6.92 Å². The molecular formula is C18H20N6O. The molecule has 1 fully saturated rings. The number of amides is 1. The Kier molecular flexibility index (Phi) is 4.05. The van der Waals surface area contributed by atoms with E-state index in [9.17, 15) is 4.79 Å². The quantitative estimate of drug-likeness (QED) is 0.794. The van der Waals surface area contributed by atoms with E-state index < -0.39 is 0 Å². The Bertz CT molecular complexity index is 860. The van der Waals surface area contributed by atoms with E-state index in [1.165, 1.54) is 12.8 Å². The predicted molar refractivity (Wildman–Crippen MR) is 93.8 cm³/mol. The maximum atomic E-state index is 12.6. The standard InChI is InChI=1S/C18H20N6O/c1-13-16(12-21-24(13)15-5-2-3-6-15)18(25)22-14-7-8-17(19-11-14)23-10-4-9-20-23/h4,7-12,15H,2-3,5-6H2,1H3,(H,22,25). The van der Waals surface area contributed by atoms with Gasteiger partial charge in [0.25, 0.3) is 5.91 Å². The highest BCUT2D eigenvalue weighted by atomic mass is 16.1. The van der Waals surface area contributed by atoms with E-state index in [1.54, 1.807) is 23.3 Å². The maximum Gasteiger partial charge on any atom is 0.259 e. The van der Waals surface area contributed by atoms with E-state index in [-0.39, 0.29) is 5.91 Å². The van der Waals surface area contributed by atoms with Crippen LogP contribution in [0.4, 0.5) is 5.69 Å². The number of pyridine rings is 1. The normalized spacial score (nSPS) is 14.8. The first-order valence-corrected chi connectivity index (χ1v) is 8.54. The summed E-state index contributed by atoms with van der Waals surface area (Å²) in [6, 6.07) is 5.90. The second-order valence-corrected chi connectivity index (χ2v) is 6.34. The molecule has 1 amide bonds. The molecule has 25 heavy (non-hydrogen) atoms. The highest BCUT2D eigenvalue weighted by Crippen LogP contribution is 2.30. The fourth-order valence-electron chi connectivity index (χ4n) is 3.36. The van der Waals surface area contributed by atoms with Gasteiger partial charge in [-0.3, -0.25) is 9.48 Å². The van der Waals surface area contributed by atoms with Crippen molar-refractivity contribution in [3.05, 3.63) is 54.2 Å². The Morgan fingerprint density at radius 2 is 2.04 bits per heavy atom. The van der Waals surface area contributed by atoms with Crippen molar-refractivity contribution in [1.82, 2.24) is 24.5 Å². The lowest BCUT2D eigenvalue weighted by atomic mass is 10.2. The van der Waals surface area contributed by atoms with Crippen LogP contribution in [0.15, 0.2) is 43.0 Å². The molecular weight excluding hydrogens is 316 g/mol. The molecule has 0 unspecified atom stereocenters. The van der Waals surface area contributed by atoms with Crippen LogP contribution < -0.4 is 5.32 Å². The predicted octanol–water partition coefficient (Wildman–Crippen LogP) is 3.14. The fraction of sp³-hybridized carbons (Fsp3) is 0.333. The van der Waals surface area contributed by atoms with Gasteiger partial charge < -0.3 is 5.32 Å². The first-order chi connectivity index (χ1) is 12.2. The fourth-order valence-corrected chi connectivity index (χ4v) is 3.36. The van der Waals surface area contributed by atoms with Gasteiger partial charge in [-0.15, -0.1) is 0 Å². The van der Waals surface area contributed by atoms with Crippen molar-refractivity contribution >= 4 is 11.6 Å². The molecule has 128 valence electrons. The van der Waals surface area contributed by atoms with Crippen LogP contribution in [0.1, 0.15) is 47.8 Å². The summed E-state index contributed by atoms with van der Waals surface area (Å²) in [6.45, 7) is 1.96. The average Bonchev–Trinajstić information content (AvgIpc) is 3.37. The molecule has 7 nitrogen and oxygen atoms in total. The molecule has 0 aliphatic heterocycles. The van der Waals surface area contributed by atoms with Gasteiger partial charge in [0.15, 0.2) is 5.82 Å². The number of rotatable bonds is 4. The monoisotopic (exact) mass is 336 g/mol. The summed E-state index contributed by atoms with van der Waals surface area (Å²) >= 11 is 0. The number of carbonyl (C=O) groups excluding carboxylic acids is 1. The summed E-state index contributed by atoms with van der Waals surface area (Å²) in [7, 11) is 0. The van der Waals surface area contributed by atoms with Crippen LogP contribution in [0.3, 0.4) is 0 Å². The molecule has 0 aromatic carbocycles. The number of carbonyl (C=O) groups is 1. The lowest BCUT2D eigenvalue weighted by Crippen LogP contribution is -2.15. The largest absolute Gasteiger partial charge is 0.320 e. The number of hydrogen-bond donors (Lipinski definition) is 1. The van der Waals surface area contributed by atoms with Crippen LogP contribution in [0.2, 0.25) is 0 Å². The van der Waals surface area contributed by atoms with E-state index in [4.69, 9.17) is 0 Å². The zero-order valence-electron chi connectivity index (χ0n) is 14.1. The van der Waals surface area contributed by atoms with Gasteiger partial charge in [0, 0.05) is 18.1 Å². The zero-order chi connectivity index (χ0) is 17.2. The minimum atomic E-state index is -0.157. The number of hydrogen-bond acceptors (Lipinski definition) is 4. The van der Waals surface area contributed by atoms with Crippen molar-refractivity contribution in [2.24, 2.45) is 0 Å². The van der Waals surface area contributed by atoms with Crippen LogP contribution in [-0.2, 0) is 0 Å². The van der Waals surface area contributed by atoms with Gasteiger partial charge in [0.1, 0.15) is 0 Å². The summed E-state index contributed by atoms with van der Waals surface area (Å²) in [6.07, 6.45) is 11.6. The summed E-state index contributed by atoms with van der Waals surface area (Å²) < 4.78 is 3.67. The van der Waals surface area contributed by atoms with Crippen LogP contribution in [0.25, 0.3) is 5.82 Å². The second kappa shape index (κ2) is 6.51. The molecule has 1 aliphatic rings. The van der Waals surface area contributed by atoms with Crippen LogP contribution in [0.5, 0.6) is 0 Å². The zero-order valence-corrected chi connectivity index (χ0v) is 14.1. The van der Waals surface area contributed by atoms with E-state index >= 15 is 0 Å². The number of aromatic nitrogens is 5. The van der Waals surface area contributed by atoms with Gasteiger partial charge >= 0.3 is 0 Å². The molecule has 1 aliphatic carbocycles. The third-order valence-electron chi connectivity index (χ3n) is 4.70. The molecule has 3 aromatic heterocycles. The highest BCUT2D eigenvalue weighted by molar-refractivity contribution is 6.04. The Morgan fingerprint density at radius 3 is 2.72 bits per heavy atom. The molecule has 1 saturated carbocycles. The minimum Gasteiger partial charge on any atom is -0.320 e. The number of anilines is 1. The molecule has 0 bridgehead atoms. The van der Waals surface area contributed by atoms with Gasteiger partial charge in [-0.05, 0) is 38.0 Å². The number of nitrogens with zero attached hydrogens (tertiary/aromatic N) is 5. The van der Waals surface area contributed by atoms with E-state index in [1.807, 2.05) is 36.0 Å². The lowest BCUT2D eigenvalue weighted by molar-refractivity contribution is 0.102. The van der Waals surface area contributed by atoms with Gasteiger partial charge in [0.05, 0.1) is 29.7 Å². The van der Waals surface area contributed by atoms with Gasteiger partial charge in [-0.2, -0.15) is 10.2 Å². The average molecular weight is 336 g/mol. The smallest absolute Gasteiger partial charge is 0.259 e. The molecule has 1 N–H and O–H groups in total. The minimum absolute atomic E-state index is 0.157. The molecule has 0 spiro atoms. The first-order valence-electron chi connectivity index (χ1n) is 8.54. The first kappa shape index (κ1) is 15.6. The second-order valence-electron chi connectivity index (χ2n) is 6.34. The summed E-state index contributed by atoms with van der Waals surface area (Å²) in [5.41, 5.74) is 2.18.